The van der Waals surface area contributed by atoms with E-state index in [1.807, 2.05) is 0 Å². The highest BCUT2D eigenvalue weighted by atomic mass is 32.2. The smallest absolute Gasteiger partial charge is 0.352 e. The number of aliphatic carboxylic acids is 2. The minimum Gasteiger partial charge on any atom is -0.480 e. The number of β-lactam (4-membered cyclic amide) rings is 1. The zero-order valence-electron chi connectivity index (χ0n) is 14.1. The van der Waals surface area contributed by atoms with Crippen LogP contribution in [0.4, 0.5) is 0 Å². The molecule has 0 aliphatic carbocycles. The Bertz CT molecular complexity index is 683. The van der Waals surface area contributed by atoms with Crippen molar-refractivity contribution in [2.75, 3.05) is 24.4 Å². The van der Waals surface area contributed by atoms with Gasteiger partial charge in [0.05, 0.1) is 5.75 Å². The Morgan fingerprint density at radius 3 is 2.69 bits per heavy atom. The second-order valence-electron chi connectivity index (χ2n) is 5.72. The summed E-state index contributed by atoms with van der Waals surface area (Å²) in [5, 5.41) is 19.9. The van der Waals surface area contributed by atoms with Crippen LogP contribution in [0.2, 0.25) is 0 Å². The maximum Gasteiger partial charge on any atom is 0.352 e. The number of carbonyl (C=O) groups excluding carboxylic acids is 2. The van der Waals surface area contributed by atoms with Gasteiger partial charge in [-0.1, -0.05) is 0 Å². The molecular weight excluding hydrogens is 386 g/mol. The molecule has 0 aromatic rings. The van der Waals surface area contributed by atoms with Gasteiger partial charge in [0.15, 0.2) is 0 Å². The number of methoxy groups -OCH3 is 1. The highest BCUT2D eigenvalue weighted by Crippen LogP contribution is 2.46. The Labute approximate surface area is 157 Å². The maximum atomic E-state index is 12.6. The summed E-state index contributed by atoms with van der Waals surface area (Å²) in [4.78, 5) is 47.9. The molecule has 0 aromatic carbocycles. The van der Waals surface area contributed by atoms with E-state index in [1.165, 1.54) is 18.9 Å². The van der Waals surface area contributed by atoms with Crippen LogP contribution in [0.5, 0.6) is 0 Å². The summed E-state index contributed by atoms with van der Waals surface area (Å²) in [6.07, 6.45) is 0. The number of amides is 2. The molecule has 0 bridgehead atoms. The number of hydrogen-bond donors (Lipinski definition) is 4. The van der Waals surface area contributed by atoms with Crippen molar-refractivity contribution in [3.05, 3.63) is 11.3 Å². The molecule has 26 heavy (non-hydrogen) atoms. The molecule has 3 atom stereocenters. The highest BCUT2D eigenvalue weighted by Gasteiger charge is 2.66. The second-order valence-corrected chi connectivity index (χ2v) is 7.82. The first-order valence-electron chi connectivity index (χ1n) is 7.46. The number of rotatable bonds is 8. The number of nitrogens with two attached hydrogens (primary N) is 1. The predicted molar refractivity (Wildman–Crippen MR) is 94.2 cm³/mol. The van der Waals surface area contributed by atoms with E-state index in [0.717, 1.165) is 16.7 Å². The number of fused-ring (bicyclic) bond motifs is 1. The normalized spacial score (nSPS) is 26.0. The van der Waals surface area contributed by atoms with Crippen LogP contribution in [0.25, 0.3) is 0 Å². The van der Waals surface area contributed by atoms with Gasteiger partial charge in [-0.15, -0.1) is 23.5 Å². The van der Waals surface area contributed by atoms with E-state index in [2.05, 4.69) is 5.32 Å². The van der Waals surface area contributed by atoms with Gasteiger partial charge >= 0.3 is 11.9 Å². The lowest BCUT2D eigenvalue weighted by Gasteiger charge is -2.55. The number of nitrogens with one attached hydrogen (secondary N) is 1. The van der Waals surface area contributed by atoms with Gasteiger partial charge in [-0.2, -0.15) is 0 Å². The number of nitrogens with zero attached hydrogens (tertiary/aromatic N) is 1. The van der Waals surface area contributed by atoms with Crippen LogP contribution in [-0.2, 0) is 23.9 Å². The van der Waals surface area contributed by atoms with E-state index in [0.29, 0.717) is 11.3 Å². The van der Waals surface area contributed by atoms with Crippen molar-refractivity contribution >= 4 is 47.3 Å². The van der Waals surface area contributed by atoms with E-state index in [9.17, 15) is 24.3 Å². The fraction of sp³-hybridized carbons (Fsp3) is 0.571. The molecular formula is C14H19N3O7S2. The summed E-state index contributed by atoms with van der Waals surface area (Å²) >= 11 is 2.30. The molecule has 1 fully saturated rings. The van der Waals surface area contributed by atoms with Crippen molar-refractivity contribution in [1.29, 1.82) is 0 Å². The van der Waals surface area contributed by atoms with Crippen molar-refractivity contribution in [3.63, 3.8) is 0 Å². The van der Waals surface area contributed by atoms with Gasteiger partial charge in [-0.25, -0.2) is 4.79 Å². The summed E-state index contributed by atoms with van der Waals surface area (Å²) in [6, 6.07) is -1.09. The quantitative estimate of drug-likeness (QED) is 0.287. The van der Waals surface area contributed by atoms with E-state index < -0.39 is 40.9 Å². The van der Waals surface area contributed by atoms with Gasteiger partial charge in [0.2, 0.25) is 5.91 Å². The lowest BCUT2D eigenvalue weighted by molar-refractivity contribution is -0.192. The number of carboxylic acids is 2. The summed E-state index contributed by atoms with van der Waals surface area (Å²) in [6.45, 7) is 1.63. The van der Waals surface area contributed by atoms with Crippen LogP contribution < -0.4 is 11.1 Å². The maximum absolute atomic E-state index is 12.6. The molecule has 0 unspecified atom stereocenters. The van der Waals surface area contributed by atoms with Gasteiger partial charge in [0.1, 0.15) is 17.1 Å². The van der Waals surface area contributed by atoms with Gasteiger partial charge in [-0.3, -0.25) is 19.3 Å². The Hall–Kier alpha value is -1.76. The molecule has 12 heteroatoms. The van der Waals surface area contributed by atoms with Crippen LogP contribution in [-0.4, -0.2) is 80.4 Å². The Morgan fingerprint density at radius 1 is 1.50 bits per heavy atom. The molecule has 0 radical (unpaired) electrons. The Balaban J connectivity index is 2.04. The van der Waals surface area contributed by atoms with Crippen molar-refractivity contribution in [3.8, 4) is 0 Å². The van der Waals surface area contributed by atoms with Crippen LogP contribution in [0.15, 0.2) is 11.3 Å². The lowest BCUT2D eigenvalue weighted by Crippen LogP contribution is -2.80. The Kier molecular flexibility index (Phi) is 6.21. The number of carbonyl (C=O) groups is 4. The average Bonchev–Trinajstić information content (AvgIpc) is 2.58. The molecule has 0 aromatic heterocycles. The first kappa shape index (κ1) is 20.6. The average molecular weight is 405 g/mol. The summed E-state index contributed by atoms with van der Waals surface area (Å²) in [7, 11) is 1.26. The fourth-order valence-electron chi connectivity index (χ4n) is 2.63. The largest absolute Gasteiger partial charge is 0.480 e. The van der Waals surface area contributed by atoms with Crippen LogP contribution in [0, 0.1) is 0 Å². The summed E-state index contributed by atoms with van der Waals surface area (Å²) in [5.41, 5.74) is 4.18. The number of hydrogen-bond acceptors (Lipinski definition) is 8. The van der Waals surface area contributed by atoms with Crippen molar-refractivity contribution in [2.45, 2.75) is 24.1 Å². The fourth-order valence-corrected chi connectivity index (χ4v) is 4.79. The standard InChI is InChI=1S/C14H19N3O7S2/c1-6-3-26-13-14(24-2,12(23)17(13)9(6)11(21)22)16-8(18)5-25-4-7(15)10(19)20/h7,13H,3-5,15H2,1-2H3,(H,16,18)(H,19,20)(H,21,22)/t7-,13-,14+/m1/s1. The molecule has 2 amide bonds. The van der Waals surface area contributed by atoms with Gasteiger partial charge < -0.3 is 26.0 Å². The Morgan fingerprint density at radius 2 is 2.15 bits per heavy atom. The number of ether oxygens (including phenoxy) is 1. The third-order valence-corrected chi connectivity index (χ3v) is 6.44. The second kappa shape index (κ2) is 7.86. The first-order chi connectivity index (χ1) is 12.2. The van der Waals surface area contributed by atoms with Crippen molar-refractivity contribution in [2.24, 2.45) is 5.73 Å². The van der Waals surface area contributed by atoms with Crippen molar-refractivity contribution in [1.82, 2.24) is 10.2 Å². The van der Waals surface area contributed by atoms with E-state index in [4.69, 9.17) is 15.6 Å². The highest BCUT2D eigenvalue weighted by molar-refractivity contribution is 8.00. The molecule has 2 heterocycles. The molecule has 1 saturated heterocycles. The lowest BCUT2D eigenvalue weighted by atomic mass is 9.98. The third-order valence-electron chi connectivity index (χ3n) is 3.92. The number of carboxylic acid groups (broad SMARTS) is 2. The SMILES string of the molecule is CO[C@@]1(NC(=O)CSC[C@@H](N)C(=O)O)C(=O)N2C(C(=O)O)=C(C)CS[C@@H]21. The molecule has 5 N–H and O–H groups in total. The summed E-state index contributed by atoms with van der Waals surface area (Å²) < 4.78 is 5.27. The van der Waals surface area contributed by atoms with Gasteiger partial charge in [0, 0.05) is 18.6 Å². The molecule has 144 valence electrons. The first-order valence-corrected chi connectivity index (χ1v) is 9.66. The molecule has 10 nitrogen and oxygen atoms in total. The minimum absolute atomic E-state index is 0.0338. The zero-order valence-corrected chi connectivity index (χ0v) is 15.7. The molecule has 0 saturated carbocycles. The molecule has 2 aliphatic heterocycles. The third kappa shape index (κ3) is 3.54. The minimum atomic E-state index is -1.64. The van der Waals surface area contributed by atoms with Crippen molar-refractivity contribution < 1.29 is 34.1 Å². The molecule has 0 spiro atoms. The molecule has 2 rings (SSSR count). The zero-order chi connectivity index (χ0) is 19.6. The molecule has 2 aliphatic rings. The van der Waals surface area contributed by atoms with Crippen LogP contribution in [0.3, 0.4) is 0 Å². The van der Waals surface area contributed by atoms with E-state index in [1.54, 1.807) is 6.92 Å². The van der Waals surface area contributed by atoms with E-state index >= 15 is 0 Å². The summed E-state index contributed by atoms with van der Waals surface area (Å²) in [5.74, 6) is -3.27. The number of thioether (sulfide) groups is 2. The monoisotopic (exact) mass is 405 g/mol. The topological polar surface area (TPSA) is 159 Å². The predicted octanol–water partition coefficient (Wildman–Crippen LogP) is -1.14. The van der Waals surface area contributed by atoms with Gasteiger partial charge in [-0.05, 0) is 12.5 Å². The van der Waals surface area contributed by atoms with Gasteiger partial charge in [0.25, 0.3) is 11.6 Å². The van der Waals surface area contributed by atoms with E-state index in [-0.39, 0.29) is 17.2 Å². The van der Waals surface area contributed by atoms with Crippen LogP contribution >= 0.6 is 23.5 Å². The van der Waals surface area contributed by atoms with Crippen LogP contribution in [0.1, 0.15) is 6.92 Å².